The van der Waals surface area contributed by atoms with Crippen LogP contribution < -0.4 is 0 Å². The Balaban J connectivity index is 1.44. The van der Waals surface area contributed by atoms with Crippen molar-refractivity contribution in [2.45, 2.75) is 43.6 Å². The molecule has 6 heteroatoms. The molecule has 2 aliphatic rings. The second kappa shape index (κ2) is 7.84. The third-order valence-electron chi connectivity index (χ3n) is 4.68. The molecule has 2 N–H and O–H groups in total. The fourth-order valence-electron chi connectivity index (χ4n) is 3.31. The second-order valence-corrected chi connectivity index (χ2v) is 6.49. The molecular formula is C20H22O6. The number of rotatable bonds is 4. The van der Waals surface area contributed by atoms with Gasteiger partial charge in [0.05, 0.1) is 13.2 Å². The van der Waals surface area contributed by atoms with E-state index in [0.717, 1.165) is 11.1 Å². The van der Waals surface area contributed by atoms with Crippen molar-refractivity contribution in [3.63, 3.8) is 0 Å². The highest BCUT2D eigenvalue weighted by Gasteiger charge is 2.49. The van der Waals surface area contributed by atoms with Crippen molar-refractivity contribution in [1.29, 1.82) is 0 Å². The van der Waals surface area contributed by atoms with Gasteiger partial charge in [0.25, 0.3) is 0 Å². The number of hydrogen-bond donors (Lipinski definition) is 2. The Kier molecular flexibility index (Phi) is 5.31. The average molecular weight is 358 g/mol. The number of aliphatic hydroxyl groups excluding tert-OH is 2. The van der Waals surface area contributed by atoms with Gasteiger partial charge in [-0.05, 0) is 5.56 Å². The zero-order chi connectivity index (χ0) is 17.9. The molecule has 0 aromatic heterocycles. The molecule has 2 saturated heterocycles. The first-order valence-corrected chi connectivity index (χ1v) is 8.71. The Labute approximate surface area is 151 Å². The van der Waals surface area contributed by atoms with Crippen molar-refractivity contribution in [3.8, 4) is 0 Å². The van der Waals surface area contributed by atoms with Gasteiger partial charge in [-0.25, -0.2) is 0 Å². The number of benzene rings is 2. The van der Waals surface area contributed by atoms with Gasteiger partial charge in [0.2, 0.25) is 0 Å². The summed E-state index contributed by atoms with van der Waals surface area (Å²) in [4.78, 5) is 0. The maximum Gasteiger partial charge on any atom is 0.184 e. The molecule has 138 valence electrons. The van der Waals surface area contributed by atoms with Crippen molar-refractivity contribution < 1.29 is 29.2 Å². The quantitative estimate of drug-likeness (QED) is 0.867. The number of ether oxygens (including phenoxy) is 4. The van der Waals surface area contributed by atoms with E-state index in [4.69, 9.17) is 18.9 Å². The summed E-state index contributed by atoms with van der Waals surface area (Å²) in [6.07, 6.45) is -4.93. The number of hydrogen-bond acceptors (Lipinski definition) is 6. The molecule has 2 aromatic carbocycles. The molecule has 0 bridgehead atoms. The van der Waals surface area contributed by atoms with Crippen LogP contribution in [-0.4, -0.2) is 47.5 Å². The predicted molar refractivity (Wildman–Crippen MR) is 91.9 cm³/mol. The van der Waals surface area contributed by atoms with Crippen LogP contribution in [0.25, 0.3) is 0 Å². The summed E-state index contributed by atoms with van der Waals surface area (Å²) in [5.41, 5.74) is 1.81. The van der Waals surface area contributed by atoms with E-state index in [0.29, 0.717) is 0 Å². The van der Waals surface area contributed by atoms with Crippen LogP contribution in [0.1, 0.15) is 17.4 Å². The van der Waals surface area contributed by atoms with E-state index in [-0.39, 0.29) is 13.2 Å². The standard InChI is InChI=1S/C20H22O6/c21-16-17-15(12-24-20(26-17)14-9-5-2-6-10-14)25-19(22)18(16)23-11-13-7-3-1-4-8-13/h1-10,15-22H,11-12H2/t15-,16+,17-,18-,19?,20-/m1/s1. The van der Waals surface area contributed by atoms with Crippen LogP contribution in [0.3, 0.4) is 0 Å². The van der Waals surface area contributed by atoms with Crippen LogP contribution >= 0.6 is 0 Å². The summed E-state index contributed by atoms with van der Waals surface area (Å²) in [5.74, 6) is 0. The molecular weight excluding hydrogens is 336 g/mol. The zero-order valence-corrected chi connectivity index (χ0v) is 14.2. The van der Waals surface area contributed by atoms with Gasteiger partial charge in [-0.3, -0.25) is 0 Å². The molecule has 0 saturated carbocycles. The first-order chi connectivity index (χ1) is 12.7. The van der Waals surface area contributed by atoms with Crippen LogP contribution in [0.15, 0.2) is 60.7 Å². The molecule has 6 atom stereocenters. The lowest BCUT2D eigenvalue weighted by Gasteiger charge is -2.46. The van der Waals surface area contributed by atoms with E-state index >= 15 is 0 Å². The summed E-state index contributed by atoms with van der Waals surface area (Å²) >= 11 is 0. The smallest absolute Gasteiger partial charge is 0.184 e. The minimum Gasteiger partial charge on any atom is -0.387 e. The van der Waals surface area contributed by atoms with Crippen LogP contribution in [0.2, 0.25) is 0 Å². The molecule has 0 spiro atoms. The molecule has 1 unspecified atom stereocenters. The summed E-state index contributed by atoms with van der Waals surface area (Å²) in [6.45, 7) is 0.489. The monoisotopic (exact) mass is 358 g/mol. The summed E-state index contributed by atoms with van der Waals surface area (Å²) in [6, 6.07) is 19.1. The van der Waals surface area contributed by atoms with Crippen molar-refractivity contribution in [2.24, 2.45) is 0 Å². The maximum absolute atomic E-state index is 10.7. The van der Waals surface area contributed by atoms with E-state index in [1.807, 2.05) is 60.7 Å². The van der Waals surface area contributed by atoms with Crippen LogP contribution in [-0.2, 0) is 25.6 Å². The van der Waals surface area contributed by atoms with E-state index < -0.39 is 37.0 Å². The van der Waals surface area contributed by atoms with Gasteiger partial charge >= 0.3 is 0 Å². The number of fused-ring (bicyclic) bond motifs is 1. The lowest BCUT2D eigenvalue weighted by molar-refractivity contribution is -0.360. The third kappa shape index (κ3) is 3.66. The van der Waals surface area contributed by atoms with Gasteiger partial charge in [0.15, 0.2) is 12.6 Å². The summed E-state index contributed by atoms with van der Waals surface area (Å²) in [7, 11) is 0. The van der Waals surface area contributed by atoms with Gasteiger partial charge < -0.3 is 29.2 Å². The minimum absolute atomic E-state index is 0.226. The van der Waals surface area contributed by atoms with E-state index in [1.165, 1.54) is 0 Å². The maximum atomic E-state index is 10.7. The van der Waals surface area contributed by atoms with E-state index in [9.17, 15) is 10.2 Å². The molecule has 6 nitrogen and oxygen atoms in total. The highest BCUT2D eigenvalue weighted by atomic mass is 16.7. The first kappa shape index (κ1) is 17.6. The molecule has 2 heterocycles. The molecule has 0 amide bonds. The molecule has 4 rings (SSSR count). The lowest BCUT2D eigenvalue weighted by Crippen LogP contribution is -2.62. The molecule has 26 heavy (non-hydrogen) atoms. The highest BCUT2D eigenvalue weighted by Crippen LogP contribution is 2.34. The van der Waals surface area contributed by atoms with E-state index in [1.54, 1.807) is 0 Å². The van der Waals surface area contributed by atoms with Crippen LogP contribution in [0.4, 0.5) is 0 Å². The zero-order valence-electron chi connectivity index (χ0n) is 14.2. The predicted octanol–water partition coefficient (Wildman–Crippen LogP) is 1.76. The first-order valence-electron chi connectivity index (χ1n) is 8.71. The van der Waals surface area contributed by atoms with Gasteiger partial charge in [-0.2, -0.15) is 0 Å². The minimum atomic E-state index is -1.24. The van der Waals surface area contributed by atoms with Crippen molar-refractivity contribution >= 4 is 0 Å². The van der Waals surface area contributed by atoms with Crippen molar-refractivity contribution in [2.75, 3.05) is 6.61 Å². The van der Waals surface area contributed by atoms with Gasteiger partial charge in [-0.1, -0.05) is 60.7 Å². The second-order valence-electron chi connectivity index (χ2n) is 6.49. The Morgan fingerprint density at radius 1 is 0.923 bits per heavy atom. The Morgan fingerprint density at radius 3 is 2.35 bits per heavy atom. The highest BCUT2D eigenvalue weighted by molar-refractivity contribution is 5.17. The molecule has 2 aromatic rings. The fourth-order valence-corrected chi connectivity index (χ4v) is 3.31. The number of aliphatic hydroxyl groups is 2. The molecule has 0 aliphatic carbocycles. The molecule has 2 aliphatic heterocycles. The Bertz CT molecular complexity index is 694. The van der Waals surface area contributed by atoms with Crippen LogP contribution in [0.5, 0.6) is 0 Å². The van der Waals surface area contributed by atoms with Gasteiger partial charge in [0.1, 0.15) is 24.4 Å². The summed E-state index contributed by atoms with van der Waals surface area (Å²) in [5, 5.41) is 21.0. The molecule has 0 radical (unpaired) electrons. The van der Waals surface area contributed by atoms with E-state index in [2.05, 4.69) is 0 Å². The van der Waals surface area contributed by atoms with Crippen molar-refractivity contribution in [3.05, 3.63) is 71.8 Å². The SMILES string of the molecule is OC1O[C@@H]2CO[C@@H](c3ccccc3)O[C@H]2[C@H](O)[C@H]1OCc1ccccc1. The van der Waals surface area contributed by atoms with Crippen LogP contribution in [0, 0.1) is 0 Å². The normalized spacial score (nSPS) is 34.2. The Morgan fingerprint density at radius 2 is 1.62 bits per heavy atom. The largest absolute Gasteiger partial charge is 0.387 e. The summed E-state index contributed by atoms with van der Waals surface area (Å²) < 4.78 is 22.9. The Hall–Kier alpha value is -1.80. The molecule has 2 fully saturated rings. The van der Waals surface area contributed by atoms with Gasteiger partial charge in [-0.15, -0.1) is 0 Å². The average Bonchev–Trinajstić information content (AvgIpc) is 2.69. The topological polar surface area (TPSA) is 77.4 Å². The lowest BCUT2D eigenvalue weighted by atomic mass is 9.97. The van der Waals surface area contributed by atoms with Crippen molar-refractivity contribution in [1.82, 2.24) is 0 Å². The van der Waals surface area contributed by atoms with Gasteiger partial charge in [0, 0.05) is 5.56 Å². The third-order valence-corrected chi connectivity index (χ3v) is 4.68. The fraction of sp³-hybridized carbons (Fsp3) is 0.400.